The highest BCUT2D eigenvalue weighted by Gasteiger charge is 2.43. The molecule has 2 aliphatic carbocycles. The van der Waals surface area contributed by atoms with E-state index < -0.39 is 18.0 Å². The molecule has 1 saturated carbocycles. The molecule has 2 fully saturated rings. The molecule has 0 bridgehead atoms. The third-order valence-electron chi connectivity index (χ3n) is 7.05. The van der Waals surface area contributed by atoms with E-state index in [1.165, 1.54) is 11.1 Å². The van der Waals surface area contributed by atoms with Crippen molar-refractivity contribution in [3.8, 4) is 11.1 Å². The Bertz CT molecular complexity index is 1060. The van der Waals surface area contributed by atoms with Gasteiger partial charge in [0.1, 0.15) is 6.61 Å². The highest BCUT2D eigenvalue weighted by Crippen LogP contribution is 2.44. The zero-order chi connectivity index (χ0) is 23.7. The lowest BCUT2D eigenvalue weighted by molar-refractivity contribution is -0.141. The summed E-state index contributed by atoms with van der Waals surface area (Å²) >= 11 is 0. The number of carbonyl (C=O) groups excluding carboxylic acids is 2. The number of hydrogen-bond donors (Lipinski definition) is 3. The van der Waals surface area contributed by atoms with E-state index in [-0.39, 0.29) is 43.0 Å². The standard InChI is InChI=1S/C26H28N2O6/c29-24(27-12-17-9-16(13-33-17)25(30)31)22-10-15(22)11-28-26(32)34-14-23-20-7-3-1-5-18(20)19-6-2-4-8-21(19)23/h1-8,15-17,22-23H,9-14H2,(H,27,29)(H,28,32)(H,30,31)/t15-,16-,17-,22-/m0/s1. The third-order valence-corrected chi connectivity index (χ3v) is 7.05. The molecule has 0 spiro atoms. The van der Waals surface area contributed by atoms with Gasteiger partial charge >= 0.3 is 12.1 Å². The molecule has 8 nitrogen and oxygen atoms in total. The van der Waals surface area contributed by atoms with Gasteiger partial charge in [-0.2, -0.15) is 0 Å². The summed E-state index contributed by atoms with van der Waals surface area (Å²) < 4.78 is 11.0. The van der Waals surface area contributed by atoms with Crippen LogP contribution in [0.3, 0.4) is 0 Å². The van der Waals surface area contributed by atoms with Gasteiger partial charge in [-0.1, -0.05) is 48.5 Å². The summed E-state index contributed by atoms with van der Waals surface area (Å²) in [5.41, 5.74) is 4.69. The summed E-state index contributed by atoms with van der Waals surface area (Å²) in [7, 11) is 0. The van der Waals surface area contributed by atoms with Crippen LogP contribution >= 0.6 is 0 Å². The van der Waals surface area contributed by atoms with Crippen molar-refractivity contribution in [2.24, 2.45) is 17.8 Å². The first-order valence-electron chi connectivity index (χ1n) is 11.7. The average Bonchev–Trinajstić information content (AvgIpc) is 3.34. The van der Waals surface area contributed by atoms with Gasteiger partial charge in [-0.3, -0.25) is 9.59 Å². The van der Waals surface area contributed by atoms with Crippen LogP contribution in [-0.4, -0.2) is 55.5 Å². The molecule has 34 heavy (non-hydrogen) atoms. The SMILES string of the molecule is O=C(NC[C@@H]1C[C@@H]1C(=O)NC[C@@H]1C[C@H](C(=O)O)CO1)OCC1c2ccccc2-c2ccccc21. The van der Waals surface area contributed by atoms with E-state index in [4.69, 9.17) is 14.6 Å². The van der Waals surface area contributed by atoms with Gasteiger partial charge in [0.2, 0.25) is 5.91 Å². The van der Waals surface area contributed by atoms with Crippen LogP contribution in [0.15, 0.2) is 48.5 Å². The maximum absolute atomic E-state index is 12.3. The van der Waals surface area contributed by atoms with E-state index in [0.29, 0.717) is 25.9 Å². The second kappa shape index (κ2) is 9.46. The fourth-order valence-corrected chi connectivity index (χ4v) is 5.02. The molecule has 8 heteroatoms. The van der Waals surface area contributed by atoms with Gasteiger partial charge in [-0.15, -0.1) is 0 Å². The number of fused-ring (bicyclic) bond motifs is 3. The number of amides is 2. The second-order valence-electron chi connectivity index (χ2n) is 9.28. The number of benzene rings is 2. The molecule has 1 saturated heterocycles. The lowest BCUT2D eigenvalue weighted by Crippen LogP contribution is -2.34. The zero-order valence-electron chi connectivity index (χ0n) is 18.7. The monoisotopic (exact) mass is 464 g/mol. The Labute approximate surface area is 197 Å². The topological polar surface area (TPSA) is 114 Å². The van der Waals surface area contributed by atoms with Crippen molar-refractivity contribution >= 4 is 18.0 Å². The molecule has 0 unspecified atom stereocenters. The number of rotatable bonds is 8. The van der Waals surface area contributed by atoms with Crippen molar-refractivity contribution in [3.63, 3.8) is 0 Å². The summed E-state index contributed by atoms with van der Waals surface area (Å²) in [6.45, 7) is 1.14. The van der Waals surface area contributed by atoms with Crippen LogP contribution in [0.1, 0.15) is 29.9 Å². The molecule has 5 rings (SSSR count). The Balaban J connectivity index is 1.04. The maximum atomic E-state index is 12.3. The zero-order valence-corrected chi connectivity index (χ0v) is 18.7. The van der Waals surface area contributed by atoms with Gasteiger partial charge < -0.3 is 25.2 Å². The van der Waals surface area contributed by atoms with Crippen molar-refractivity contribution in [1.29, 1.82) is 0 Å². The maximum Gasteiger partial charge on any atom is 0.407 e. The summed E-state index contributed by atoms with van der Waals surface area (Å²) in [5.74, 6) is -1.51. The quantitative estimate of drug-likeness (QED) is 0.554. The van der Waals surface area contributed by atoms with Gasteiger partial charge in [0, 0.05) is 24.9 Å². The normalized spacial score (nSPS) is 24.7. The third kappa shape index (κ3) is 4.63. The predicted octanol–water partition coefficient (Wildman–Crippen LogP) is 2.77. The minimum absolute atomic E-state index is 0.0103. The van der Waals surface area contributed by atoms with E-state index in [1.807, 2.05) is 24.3 Å². The highest BCUT2D eigenvalue weighted by molar-refractivity contribution is 5.82. The minimum Gasteiger partial charge on any atom is -0.481 e. The number of carboxylic acid groups (broad SMARTS) is 1. The predicted molar refractivity (Wildman–Crippen MR) is 123 cm³/mol. The lowest BCUT2D eigenvalue weighted by atomic mass is 9.98. The molecule has 0 aromatic heterocycles. The van der Waals surface area contributed by atoms with Crippen molar-refractivity contribution in [2.45, 2.75) is 24.9 Å². The van der Waals surface area contributed by atoms with Gasteiger partial charge in [0.25, 0.3) is 0 Å². The molecule has 3 aliphatic rings. The molecular formula is C26H28N2O6. The van der Waals surface area contributed by atoms with Gasteiger partial charge in [-0.25, -0.2) is 4.79 Å². The number of hydrogen-bond acceptors (Lipinski definition) is 5. The molecule has 178 valence electrons. The Morgan fingerprint density at radius 3 is 2.26 bits per heavy atom. The van der Waals surface area contributed by atoms with E-state index in [2.05, 4.69) is 34.9 Å². The van der Waals surface area contributed by atoms with Crippen LogP contribution in [0, 0.1) is 17.8 Å². The van der Waals surface area contributed by atoms with E-state index in [1.54, 1.807) is 0 Å². The Morgan fingerprint density at radius 2 is 1.62 bits per heavy atom. The number of aliphatic carboxylic acids is 1. The molecule has 2 aromatic carbocycles. The van der Waals surface area contributed by atoms with Gasteiger partial charge in [-0.05, 0) is 41.0 Å². The first-order valence-corrected chi connectivity index (χ1v) is 11.7. The molecule has 0 radical (unpaired) electrons. The van der Waals surface area contributed by atoms with Crippen LogP contribution in [-0.2, 0) is 19.1 Å². The van der Waals surface area contributed by atoms with Crippen LogP contribution in [0.25, 0.3) is 11.1 Å². The lowest BCUT2D eigenvalue weighted by Gasteiger charge is -2.14. The average molecular weight is 465 g/mol. The fraction of sp³-hybridized carbons (Fsp3) is 0.423. The molecule has 4 atom stereocenters. The van der Waals surface area contributed by atoms with Crippen molar-refractivity contribution in [1.82, 2.24) is 10.6 Å². The molecule has 3 N–H and O–H groups in total. The Hall–Kier alpha value is -3.39. The number of carboxylic acids is 1. The van der Waals surface area contributed by atoms with Crippen LogP contribution in [0.4, 0.5) is 4.79 Å². The highest BCUT2D eigenvalue weighted by atomic mass is 16.5. The molecule has 1 heterocycles. The van der Waals surface area contributed by atoms with Crippen molar-refractivity contribution in [3.05, 3.63) is 59.7 Å². The smallest absolute Gasteiger partial charge is 0.407 e. The molecular weight excluding hydrogens is 436 g/mol. The number of ether oxygens (including phenoxy) is 2. The number of carbonyl (C=O) groups is 3. The van der Waals surface area contributed by atoms with Crippen molar-refractivity contribution in [2.75, 3.05) is 26.3 Å². The van der Waals surface area contributed by atoms with Crippen LogP contribution in [0.2, 0.25) is 0 Å². The van der Waals surface area contributed by atoms with E-state index >= 15 is 0 Å². The van der Waals surface area contributed by atoms with Gasteiger partial charge in [0.15, 0.2) is 0 Å². The number of alkyl carbamates (subject to hydrolysis) is 1. The molecule has 2 amide bonds. The van der Waals surface area contributed by atoms with Crippen molar-refractivity contribution < 1.29 is 29.0 Å². The van der Waals surface area contributed by atoms with E-state index in [0.717, 1.165) is 11.1 Å². The fourth-order valence-electron chi connectivity index (χ4n) is 5.02. The van der Waals surface area contributed by atoms with Crippen LogP contribution < -0.4 is 10.6 Å². The number of nitrogens with one attached hydrogen (secondary N) is 2. The van der Waals surface area contributed by atoms with E-state index in [9.17, 15) is 14.4 Å². The minimum atomic E-state index is -0.865. The largest absolute Gasteiger partial charge is 0.481 e. The summed E-state index contributed by atoms with van der Waals surface area (Å²) in [4.78, 5) is 35.7. The Morgan fingerprint density at radius 1 is 0.941 bits per heavy atom. The molecule has 2 aromatic rings. The summed E-state index contributed by atoms with van der Waals surface area (Å²) in [6, 6.07) is 16.4. The first kappa shape index (κ1) is 22.4. The Kier molecular flexibility index (Phi) is 6.24. The van der Waals surface area contributed by atoms with Crippen LogP contribution in [0.5, 0.6) is 0 Å². The molecule has 1 aliphatic heterocycles. The van der Waals surface area contributed by atoms with Gasteiger partial charge in [0.05, 0.1) is 18.6 Å². The summed E-state index contributed by atoms with van der Waals surface area (Å²) in [5, 5.41) is 14.6. The summed E-state index contributed by atoms with van der Waals surface area (Å²) in [6.07, 6.45) is 0.374. The first-order chi connectivity index (χ1) is 16.5. The second-order valence-corrected chi connectivity index (χ2v) is 9.28.